The number of carbonyl (C=O) groups is 2. The molecule has 8 aliphatic heterocycles. The van der Waals surface area contributed by atoms with Crippen LogP contribution < -0.4 is 21.9 Å². The zero-order valence-corrected chi connectivity index (χ0v) is 60.8. The predicted molar refractivity (Wildman–Crippen MR) is 365 cm³/mol. The second-order valence-electron chi connectivity index (χ2n) is 32.5. The van der Waals surface area contributed by atoms with E-state index in [1.807, 2.05) is 66.0 Å². The quantitative estimate of drug-likeness (QED) is 0.146. The molecule has 8 saturated heterocycles. The molecule has 1 saturated carbocycles. The first kappa shape index (κ1) is 72.2. The Hall–Kier alpha value is -4.56. The highest BCUT2D eigenvalue weighted by atomic mass is 16.7. The number of ether oxygens (including phenoxy) is 2. The Balaban J connectivity index is 0.000000138. The Morgan fingerprint density at radius 2 is 0.766 bits per heavy atom. The van der Waals surface area contributed by atoms with Gasteiger partial charge in [-0.05, 0) is 203 Å². The Bertz CT molecular complexity index is 3150. The molecule has 0 bridgehead atoms. The molecule has 0 N–H and O–H groups in total. The van der Waals surface area contributed by atoms with Crippen molar-refractivity contribution in [1.29, 1.82) is 0 Å². The van der Waals surface area contributed by atoms with E-state index in [9.17, 15) is 9.59 Å². The van der Waals surface area contributed by atoms with Crippen LogP contribution in [0.3, 0.4) is 0 Å². The van der Waals surface area contributed by atoms with Crippen molar-refractivity contribution in [2.24, 2.45) is 0 Å². The number of aromatic nitrogens is 8. The molecule has 2 amide bonds. The predicted octanol–water partition coefficient (Wildman–Crippen LogP) is 7.94. The minimum absolute atomic E-state index is 0.154. The summed E-state index contributed by atoms with van der Waals surface area (Å²) in [6.07, 6.45) is 24.2. The highest BCUT2D eigenvalue weighted by molar-refractivity contribution is 6.63. The van der Waals surface area contributed by atoms with E-state index >= 15 is 0 Å². The summed E-state index contributed by atoms with van der Waals surface area (Å²) in [6.45, 7) is 49.4. The van der Waals surface area contributed by atoms with E-state index in [-0.39, 0.29) is 84.2 Å². The molecule has 0 atom stereocenters. The third kappa shape index (κ3) is 16.1. The van der Waals surface area contributed by atoms with Crippen LogP contribution in [-0.4, -0.2) is 203 Å². The molecule has 9 aliphatic rings. The molecule has 4 aromatic rings. The summed E-state index contributed by atoms with van der Waals surface area (Å²) < 4.78 is 67.9. The Labute approximate surface area is 561 Å². The third-order valence-corrected chi connectivity index (χ3v) is 22.3. The SMILES string of the molecule is CC(=O)N1CCC(n2cc(B3OC(C)(C)C(C)(C)O3)cn2)CC1.CC1(C)OB(c2cnn(C3CCN(C4CC4)CC3)c2)OC1(C)C.CC1(C)OB(c2cnn(C3CCOCC3)c2)OC1(C)C.Cc1c(B2OC(C)(C)C(C)(C)O2)cnn1C1CCN(C(=O)OC(C)(C)C)CC1. The van der Waals surface area contributed by atoms with E-state index in [0.717, 1.165) is 98.4 Å². The van der Waals surface area contributed by atoms with Gasteiger partial charge in [0.05, 0.1) is 69.0 Å². The van der Waals surface area contributed by atoms with Crippen molar-refractivity contribution in [3.05, 3.63) is 49.1 Å². The van der Waals surface area contributed by atoms with Gasteiger partial charge in [-0.3, -0.25) is 23.5 Å². The standard InChI is InChI=1S/C20H34BN3O4.C17H28BN3O2.C16H26BN3O3.C14H23BN2O3/c1-14-16(21-27-19(5,6)20(7,8)28-21)13-22-24(14)15-9-11-23(12-10-15)17(25)26-18(2,3)4;1-16(2)17(3,4)23-18(22-16)13-11-19-21(12-13)15-7-9-20(10-8-15)14-5-6-14;1-12(21)19-8-6-14(7-9-19)20-11-13(10-18-20)17-22-15(2,3)16(4,5)23-17;1-13(2)14(3,4)20-15(19-13)11-9-16-17(10-11)12-5-7-18-8-6-12/h13,15H,9-12H2,1-8H3;11-12,14-15H,5-10H2,1-4H3;10-11,14H,6-9H2,1-5H3;9-10,12H,5-8H2,1-4H3. The van der Waals surface area contributed by atoms with Gasteiger partial charge in [-0.2, -0.15) is 20.4 Å². The van der Waals surface area contributed by atoms with E-state index in [0.29, 0.717) is 31.2 Å². The number of likely N-dealkylation sites (tertiary alicyclic amines) is 3. The summed E-state index contributed by atoms with van der Waals surface area (Å²) in [4.78, 5) is 30.0. The van der Waals surface area contributed by atoms with Gasteiger partial charge in [0.25, 0.3) is 0 Å². The first-order valence-electron chi connectivity index (χ1n) is 34.9. The molecule has 0 spiro atoms. The van der Waals surface area contributed by atoms with Gasteiger partial charge in [0.2, 0.25) is 5.91 Å². The Morgan fingerprint density at radius 3 is 1.12 bits per heavy atom. The molecule has 0 radical (unpaired) electrons. The molecule has 13 rings (SSSR count). The average molecular weight is 1310 g/mol. The summed E-state index contributed by atoms with van der Waals surface area (Å²) in [6, 6.07) is 2.42. The maximum absolute atomic E-state index is 12.3. The van der Waals surface area contributed by atoms with Gasteiger partial charge >= 0.3 is 34.6 Å². The van der Waals surface area contributed by atoms with Crippen molar-refractivity contribution in [2.45, 2.75) is 290 Å². The number of nitrogens with zero attached hydrogens (tertiary/aromatic N) is 11. The maximum atomic E-state index is 12.3. The monoisotopic (exact) mass is 1310 g/mol. The molecule has 4 aromatic heterocycles. The fourth-order valence-electron chi connectivity index (χ4n) is 12.9. The molecule has 0 unspecified atom stereocenters. The second kappa shape index (κ2) is 27.3. The molecule has 12 heterocycles. The summed E-state index contributed by atoms with van der Waals surface area (Å²) in [7, 11) is -1.40. The van der Waals surface area contributed by atoms with Gasteiger partial charge < -0.3 is 61.4 Å². The van der Waals surface area contributed by atoms with Crippen LogP contribution in [-0.2, 0) is 51.5 Å². The van der Waals surface area contributed by atoms with E-state index in [4.69, 9.17) is 46.7 Å². The fourth-order valence-corrected chi connectivity index (χ4v) is 12.9. The van der Waals surface area contributed by atoms with Crippen molar-refractivity contribution in [3.8, 4) is 0 Å². The molecule has 1 aliphatic carbocycles. The van der Waals surface area contributed by atoms with Crippen LogP contribution >= 0.6 is 0 Å². The first-order chi connectivity index (χ1) is 43.7. The molecule has 0 aromatic carbocycles. The molecule has 94 heavy (non-hydrogen) atoms. The molecular weight excluding hydrogens is 1190 g/mol. The molecule has 23 nitrogen and oxygen atoms in total. The number of amides is 2. The number of rotatable bonds is 9. The summed E-state index contributed by atoms with van der Waals surface area (Å²) >= 11 is 0. The Morgan fingerprint density at radius 1 is 0.436 bits per heavy atom. The molecule has 27 heteroatoms. The van der Waals surface area contributed by atoms with Crippen molar-refractivity contribution in [3.63, 3.8) is 0 Å². The lowest BCUT2D eigenvalue weighted by molar-refractivity contribution is -0.130. The van der Waals surface area contributed by atoms with E-state index in [1.54, 1.807) is 11.8 Å². The Kier molecular flexibility index (Phi) is 21.0. The minimum atomic E-state index is -0.468. The van der Waals surface area contributed by atoms with Crippen LogP contribution in [0.25, 0.3) is 0 Å². The van der Waals surface area contributed by atoms with Crippen molar-refractivity contribution in [2.75, 3.05) is 52.5 Å². The summed E-state index contributed by atoms with van der Waals surface area (Å²) in [5.74, 6) is 0.154. The molecule has 518 valence electrons. The highest BCUT2D eigenvalue weighted by Gasteiger charge is 2.56. The minimum Gasteiger partial charge on any atom is -0.444 e. The largest absolute Gasteiger partial charge is 0.498 e. The number of piperidine rings is 3. The lowest BCUT2D eigenvalue weighted by Gasteiger charge is -2.34. The van der Waals surface area contributed by atoms with Crippen molar-refractivity contribution < 1.29 is 56.3 Å². The van der Waals surface area contributed by atoms with Gasteiger partial charge in [-0.25, -0.2) is 4.79 Å². The summed E-state index contributed by atoms with van der Waals surface area (Å²) in [5, 5.41) is 18.2. The zero-order chi connectivity index (χ0) is 68.4. The van der Waals surface area contributed by atoms with Crippen LogP contribution in [0.15, 0.2) is 43.4 Å². The number of hydrogen-bond donors (Lipinski definition) is 0. The van der Waals surface area contributed by atoms with Crippen LogP contribution in [0.4, 0.5) is 4.79 Å². The van der Waals surface area contributed by atoms with Crippen LogP contribution in [0.1, 0.15) is 233 Å². The molecular formula is C67H111B4N11O12. The summed E-state index contributed by atoms with van der Waals surface area (Å²) in [5.41, 5.74) is 1.93. The number of hydrogen-bond acceptors (Lipinski definition) is 17. The average Bonchev–Trinajstić information content (AvgIpc) is 1.63. The van der Waals surface area contributed by atoms with Crippen LogP contribution in [0.5, 0.6) is 0 Å². The topological polar surface area (TPSA) is 207 Å². The van der Waals surface area contributed by atoms with E-state index in [1.165, 1.54) is 38.8 Å². The van der Waals surface area contributed by atoms with Crippen molar-refractivity contribution >= 4 is 62.3 Å². The third-order valence-electron chi connectivity index (χ3n) is 22.3. The van der Waals surface area contributed by atoms with E-state index in [2.05, 4.69) is 165 Å². The van der Waals surface area contributed by atoms with Crippen LogP contribution in [0, 0.1) is 6.92 Å². The van der Waals surface area contributed by atoms with Crippen LogP contribution in [0.2, 0.25) is 0 Å². The lowest BCUT2D eigenvalue weighted by atomic mass is 9.79. The van der Waals surface area contributed by atoms with Gasteiger partial charge in [-0.1, -0.05) is 0 Å². The first-order valence-corrected chi connectivity index (χ1v) is 34.9. The van der Waals surface area contributed by atoms with Gasteiger partial charge in [0.15, 0.2) is 0 Å². The number of carbonyl (C=O) groups excluding carboxylic acids is 2. The van der Waals surface area contributed by atoms with Gasteiger partial charge in [0.1, 0.15) is 5.60 Å². The fraction of sp³-hybridized carbons (Fsp3) is 0.791. The van der Waals surface area contributed by atoms with Crippen molar-refractivity contribution in [1.82, 2.24) is 53.8 Å². The smallest absolute Gasteiger partial charge is 0.444 e. The normalized spacial score (nSPS) is 25.2. The van der Waals surface area contributed by atoms with E-state index < -0.39 is 12.7 Å². The highest BCUT2D eigenvalue weighted by Crippen LogP contribution is 2.41. The maximum Gasteiger partial charge on any atom is 0.498 e. The second-order valence-corrected chi connectivity index (χ2v) is 32.5. The van der Waals surface area contributed by atoms with Gasteiger partial charge in [0, 0.05) is 136 Å². The van der Waals surface area contributed by atoms with Gasteiger partial charge in [-0.15, -0.1) is 0 Å². The molecule has 9 fully saturated rings. The lowest BCUT2D eigenvalue weighted by Crippen LogP contribution is -2.42. The zero-order valence-electron chi connectivity index (χ0n) is 60.8.